The Bertz CT molecular complexity index is 1700. The Hall–Kier alpha value is -3.23. The van der Waals surface area contributed by atoms with Crippen LogP contribution < -0.4 is 10.6 Å². The Morgan fingerprint density at radius 1 is 1.12 bits per heavy atom. The lowest BCUT2D eigenvalue weighted by atomic mass is 9.95. The number of anilines is 1. The summed E-state index contributed by atoms with van der Waals surface area (Å²) in [5.74, 6) is -2.53. The van der Waals surface area contributed by atoms with Crippen molar-refractivity contribution in [3.63, 3.8) is 0 Å². The fourth-order valence-corrected chi connectivity index (χ4v) is 7.38. The number of amides is 1. The van der Waals surface area contributed by atoms with Crippen LogP contribution >= 0.6 is 23.4 Å². The molecule has 1 unspecified atom stereocenters. The highest BCUT2D eigenvalue weighted by atomic mass is 35.5. The molecule has 2 aromatic carbocycles. The van der Waals surface area contributed by atoms with Gasteiger partial charge in [0.05, 0.1) is 22.1 Å². The summed E-state index contributed by atoms with van der Waals surface area (Å²) in [4.78, 5) is 34.9. The quantitative estimate of drug-likeness (QED) is 0.218. The molecule has 2 saturated heterocycles. The number of alkyl halides is 4. The van der Waals surface area contributed by atoms with Crippen molar-refractivity contribution in [2.45, 2.75) is 23.3 Å². The average Bonchev–Trinajstić information content (AvgIpc) is 2.95. The zero-order chi connectivity index (χ0) is 30.8. The van der Waals surface area contributed by atoms with E-state index >= 15 is 4.39 Å². The molecule has 0 spiro atoms. The Labute approximate surface area is 250 Å². The summed E-state index contributed by atoms with van der Waals surface area (Å²) < 4.78 is 88.4. The molecule has 0 saturated carbocycles. The second-order valence-corrected chi connectivity index (χ2v) is 12.1. The number of piperazine rings is 1. The molecule has 1 atom stereocenters. The van der Waals surface area contributed by atoms with Crippen LogP contribution in [0.3, 0.4) is 0 Å². The van der Waals surface area contributed by atoms with Crippen LogP contribution in [0.2, 0.25) is 5.02 Å². The number of carbonyl (C=O) groups excluding carboxylic acids is 1. The van der Waals surface area contributed by atoms with Crippen molar-refractivity contribution < 1.29 is 31.1 Å². The van der Waals surface area contributed by atoms with E-state index in [4.69, 9.17) is 11.6 Å². The van der Waals surface area contributed by atoms with Gasteiger partial charge in [-0.15, -0.1) is 11.8 Å². The maximum absolute atomic E-state index is 15.2. The van der Waals surface area contributed by atoms with Gasteiger partial charge in [0, 0.05) is 79.0 Å². The first kappa shape index (κ1) is 29.8. The molecule has 6 rings (SSSR count). The van der Waals surface area contributed by atoms with Crippen molar-refractivity contribution >= 4 is 46.0 Å². The third-order valence-corrected chi connectivity index (χ3v) is 9.49. The molecule has 1 amide bonds. The summed E-state index contributed by atoms with van der Waals surface area (Å²) in [6.45, 7) is 4.91. The van der Waals surface area contributed by atoms with Gasteiger partial charge in [0.2, 0.25) is 5.91 Å². The maximum Gasteiger partial charge on any atom is 0.417 e. The number of hydrogen-bond donors (Lipinski definition) is 0. The molecular formula is C28H24ClF6N5O2S. The van der Waals surface area contributed by atoms with Crippen LogP contribution in [0.25, 0.3) is 22.0 Å². The SMILES string of the molecule is C=CC(=O)N1CCN(c2nc(=O)n3c4c(c(-c5cc(Cl)c(F)cc5F)c(C(F)(F)F)cc24)SCC3CN2CC(F)C2)CC1. The first-order chi connectivity index (χ1) is 20.4. The van der Waals surface area contributed by atoms with Crippen molar-refractivity contribution in [2.24, 2.45) is 0 Å². The average molecular weight is 644 g/mol. The fourth-order valence-electron chi connectivity index (χ4n) is 5.89. The predicted molar refractivity (Wildman–Crippen MR) is 151 cm³/mol. The lowest BCUT2D eigenvalue weighted by molar-refractivity contribution is -0.137. The molecule has 4 heterocycles. The molecule has 2 fully saturated rings. The summed E-state index contributed by atoms with van der Waals surface area (Å²) in [5.41, 5.74) is -2.90. The van der Waals surface area contributed by atoms with Crippen molar-refractivity contribution in [1.29, 1.82) is 0 Å². The lowest BCUT2D eigenvalue weighted by Gasteiger charge is -2.40. The molecule has 7 nitrogen and oxygen atoms in total. The highest BCUT2D eigenvalue weighted by molar-refractivity contribution is 7.99. The number of halogens is 7. The van der Waals surface area contributed by atoms with E-state index < -0.39 is 57.4 Å². The predicted octanol–water partition coefficient (Wildman–Crippen LogP) is 5.15. The Balaban J connectivity index is 1.60. The van der Waals surface area contributed by atoms with Crippen molar-refractivity contribution in [3.05, 3.63) is 63.6 Å². The van der Waals surface area contributed by atoms with Gasteiger partial charge in [0.15, 0.2) is 0 Å². The maximum atomic E-state index is 15.2. The van der Waals surface area contributed by atoms with E-state index in [0.717, 1.165) is 23.9 Å². The molecule has 0 bridgehead atoms. The zero-order valence-corrected chi connectivity index (χ0v) is 24.0. The lowest BCUT2D eigenvalue weighted by Crippen LogP contribution is -2.52. The van der Waals surface area contributed by atoms with Gasteiger partial charge in [-0.2, -0.15) is 18.2 Å². The molecule has 43 heavy (non-hydrogen) atoms. The number of rotatable bonds is 5. The molecule has 15 heteroatoms. The summed E-state index contributed by atoms with van der Waals surface area (Å²) >= 11 is 6.92. The third-order valence-electron chi connectivity index (χ3n) is 7.96. The minimum Gasteiger partial charge on any atom is -0.352 e. The number of carbonyl (C=O) groups is 1. The minimum absolute atomic E-state index is 0.00638. The van der Waals surface area contributed by atoms with Crippen molar-refractivity contribution in [3.8, 4) is 11.1 Å². The number of likely N-dealkylation sites (tertiary alicyclic amines) is 1. The molecule has 0 radical (unpaired) electrons. The number of benzene rings is 2. The third kappa shape index (κ3) is 5.27. The van der Waals surface area contributed by atoms with Crippen LogP contribution in [0.15, 0.2) is 40.5 Å². The van der Waals surface area contributed by atoms with Crippen LogP contribution in [0, 0.1) is 11.6 Å². The topological polar surface area (TPSA) is 61.7 Å². The van der Waals surface area contributed by atoms with Crippen molar-refractivity contribution in [1.82, 2.24) is 19.4 Å². The van der Waals surface area contributed by atoms with Gasteiger partial charge in [-0.05, 0) is 18.2 Å². The summed E-state index contributed by atoms with van der Waals surface area (Å²) in [5, 5.41) is -0.541. The van der Waals surface area contributed by atoms with Gasteiger partial charge in [-0.3, -0.25) is 14.3 Å². The molecule has 3 aliphatic rings. The molecule has 3 aliphatic heterocycles. The van der Waals surface area contributed by atoms with Gasteiger partial charge in [-0.1, -0.05) is 18.2 Å². The second kappa shape index (κ2) is 11.0. The number of hydrogen-bond acceptors (Lipinski definition) is 6. The van der Waals surface area contributed by atoms with E-state index in [1.54, 1.807) is 9.80 Å². The first-order valence-corrected chi connectivity index (χ1v) is 14.7. The molecule has 0 aliphatic carbocycles. The molecule has 0 N–H and O–H groups in total. The monoisotopic (exact) mass is 643 g/mol. The van der Waals surface area contributed by atoms with Crippen LogP contribution in [-0.4, -0.2) is 83.0 Å². The standard InChI is InChI=1S/C28H24ClF6N5O2S/c1-2-22(41)38-3-5-39(6-4-38)26-17-7-18(28(33,34)35)23(16-8-19(29)21(32)9-20(16)31)25-24(17)40(27(42)36-26)15(13-43-25)12-37-10-14(30)11-37/h2,7-9,14-15H,1,3-6,10-13H2. The largest absolute Gasteiger partial charge is 0.417 e. The van der Waals surface area contributed by atoms with Crippen LogP contribution in [-0.2, 0) is 11.0 Å². The van der Waals surface area contributed by atoms with Gasteiger partial charge in [0.1, 0.15) is 23.6 Å². The summed E-state index contributed by atoms with van der Waals surface area (Å²) in [7, 11) is 0. The van der Waals surface area contributed by atoms with Gasteiger partial charge in [0.25, 0.3) is 0 Å². The smallest absolute Gasteiger partial charge is 0.352 e. The normalized spacial score (nSPS) is 19.6. The first-order valence-electron chi connectivity index (χ1n) is 13.4. The van der Waals surface area contributed by atoms with Gasteiger partial charge < -0.3 is 9.80 Å². The van der Waals surface area contributed by atoms with Crippen LogP contribution in [0.1, 0.15) is 11.6 Å². The fraction of sp³-hybridized carbons (Fsp3) is 0.393. The van der Waals surface area contributed by atoms with Gasteiger partial charge in [-0.25, -0.2) is 18.0 Å². The summed E-state index contributed by atoms with van der Waals surface area (Å²) in [6.07, 6.45) is -4.81. The van der Waals surface area contributed by atoms with Gasteiger partial charge >= 0.3 is 11.9 Å². The van der Waals surface area contributed by atoms with E-state index in [2.05, 4.69) is 11.6 Å². The minimum atomic E-state index is -4.98. The summed E-state index contributed by atoms with van der Waals surface area (Å²) in [6, 6.07) is 1.52. The highest BCUT2D eigenvalue weighted by Crippen LogP contribution is 2.50. The second-order valence-electron chi connectivity index (χ2n) is 10.7. The molecular weight excluding hydrogens is 620 g/mol. The molecule has 1 aromatic heterocycles. The van der Waals surface area contributed by atoms with Crippen LogP contribution in [0.4, 0.5) is 32.2 Å². The number of aromatic nitrogens is 2. The molecule has 3 aromatic rings. The van der Waals surface area contributed by atoms with E-state index in [1.165, 1.54) is 15.5 Å². The number of thioether (sulfide) groups is 1. The number of nitrogens with zero attached hydrogens (tertiary/aromatic N) is 5. The Kier molecular flexibility index (Phi) is 7.66. The Morgan fingerprint density at radius 3 is 2.44 bits per heavy atom. The molecule has 228 valence electrons. The van der Waals surface area contributed by atoms with Crippen LogP contribution in [0.5, 0.6) is 0 Å². The highest BCUT2D eigenvalue weighted by Gasteiger charge is 2.41. The zero-order valence-electron chi connectivity index (χ0n) is 22.4. The Morgan fingerprint density at radius 2 is 1.81 bits per heavy atom. The van der Waals surface area contributed by atoms with E-state index in [0.29, 0.717) is 6.07 Å². The van der Waals surface area contributed by atoms with E-state index in [1.807, 2.05) is 0 Å². The van der Waals surface area contributed by atoms with Crippen molar-refractivity contribution in [2.75, 3.05) is 56.5 Å². The van der Waals surface area contributed by atoms with E-state index in [-0.39, 0.29) is 79.1 Å². The van der Waals surface area contributed by atoms with E-state index in [9.17, 15) is 31.5 Å².